The molecule has 1 aliphatic heterocycles. The molecule has 1 atom stereocenters. The first-order valence-corrected chi connectivity index (χ1v) is 10.9. The summed E-state index contributed by atoms with van der Waals surface area (Å²) >= 11 is 0. The third kappa shape index (κ3) is 13.1. The highest BCUT2D eigenvalue weighted by molar-refractivity contribution is 5.97. The van der Waals surface area contributed by atoms with Gasteiger partial charge in [-0.25, -0.2) is 0 Å². The second-order valence-corrected chi connectivity index (χ2v) is 7.77. The summed E-state index contributed by atoms with van der Waals surface area (Å²) in [6.07, 6.45) is 21.4. The second kappa shape index (κ2) is 15.4. The van der Waals surface area contributed by atoms with Gasteiger partial charge in [0.1, 0.15) is 18.3 Å². The van der Waals surface area contributed by atoms with Crippen LogP contribution in [-0.4, -0.2) is 17.9 Å². The molecule has 1 fully saturated rings. The Balaban J connectivity index is 1.76. The Morgan fingerprint density at radius 1 is 0.720 bits per heavy atom. The quantitative estimate of drug-likeness (QED) is 0.180. The van der Waals surface area contributed by atoms with Crippen LogP contribution in [0.4, 0.5) is 0 Å². The Kier molecular flexibility index (Phi) is 13.7. The minimum absolute atomic E-state index is 0.0185. The number of carbonyl (C=O) groups excluding carboxylic acids is 2. The molecule has 1 rings (SSSR count). The molecule has 1 unspecified atom stereocenters. The van der Waals surface area contributed by atoms with Crippen molar-refractivity contribution in [3.8, 4) is 0 Å². The molecule has 0 aromatic heterocycles. The smallest absolute Gasteiger partial charge is 0.313 e. The maximum atomic E-state index is 11.3. The molecule has 3 heteroatoms. The molecular formula is C22H40O3. The first kappa shape index (κ1) is 22.2. The predicted octanol–water partition coefficient (Wildman–Crippen LogP) is 6.52. The highest BCUT2D eigenvalue weighted by Crippen LogP contribution is 2.18. The van der Waals surface area contributed by atoms with Gasteiger partial charge in [0.05, 0.1) is 0 Å². The number of cyclic esters (lactones) is 1. The van der Waals surface area contributed by atoms with Crippen molar-refractivity contribution in [3.63, 3.8) is 0 Å². The van der Waals surface area contributed by atoms with Gasteiger partial charge in [-0.05, 0) is 12.8 Å². The van der Waals surface area contributed by atoms with Crippen molar-refractivity contribution >= 4 is 11.8 Å². The van der Waals surface area contributed by atoms with Crippen molar-refractivity contribution in [1.82, 2.24) is 0 Å². The standard InChI is InChI=1S/C22H40O3/c1-2-3-4-5-6-7-8-9-10-11-12-13-14-15-16-17-21-18-20(23)19-22(24)25-21/h21H,2-19H2,1H3. The minimum atomic E-state index is -0.331. The van der Waals surface area contributed by atoms with Gasteiger partial charge in [0.25, 0.3) is 0 Å². The largest absolute Gasteiger partial charge is 0.462 e. The molecule has 0 bridgehead atoms. The van der Waals surface area contributed by atoms with Gasteiger partial charge in [0.15, 0.2) is 0 Å². The molecule has 1 aliphatic rings. The Hall–Kier alpha value is -0.860. The summed E-state index contributed by atoms with van der Waals surface area (Å²) in [4.78, 5) is 22.5. The molecule has 1 heterocycles. The van der Waals surface area contributed by atoms with E-state index in [-0.39, 0.29) is 24.3 Å². The van der Waals surface area contributed by atoms with Gasteiger partial charge in [-0.2, -0.15) is 0 Å². The predicted molar refractivity (Wildman–Crippen MR) is 104 cm³/mol. The molecule has 146 valence electrons. The van der Waals surface area contributed by atoms with E-state index in [0.29, 0.717) is 6.42 Å². The van der Waals surface area contributed by atoms with Crippen LogP contribution in [0.3, 0.4) is 0 Å². The Morgan fingerprint density at radius 3 is 1.60 bits per heavy atom. The second-order valence-electron chi connectivity index (χ2n) is 7.77. The fourth-order valence-electron chi connectivity index (χ4n) is 3.66. The van der Waals surface area contributed by atoms with Crippen LogP contribution >= 0.6 is 0 Å². The van der Waals surface area contributed by atoms with Crippen LogP contribution in [0.1, 0.15) is 122 Å². The highest BCUT2D eigenvalue weighted by atomic mass is 16.5. The fourth-order valence-corrected chi connectivity index (χ4v) is 3.66. The number of Topliss-reactive ketones (excluding diaryl/α,β-unsaturated/α-hetero) is 1. The lowest BCUT2D eigenvalue weighted by Gasteiger charge is -2.21. The van der Waals surface area contributed by atoms with E-state index < -0.39 is 0 Å². The summed E-state index contributed by atoms with van der Waals surface area (Å²) in [6, 6.07) is 0. The number of unbranched alkanes of at least 4 members (excludes halogenated alkanes) is 14. The zero-order valence-electron chi connectivity index (χ0n) is 16.5. The molecule has 0 saturated carbocycles. The molecule has 3 nitrogen and oxygen atoms in total. The van der Waals surface area contributed by atoms with Gasteiger partial charge in [0.2, 0.25) is 0 Å². The maximum absolute atomic E-state index is 11.3. The third-order valence-electron chi connectivity index (χ3n) is 5.22. The van der Waals surface area contributed by atoms with Crippen LogP contribution in [0.2, 0.25) is 0 Å². The number of hydrogen-bond acceptors (Lipinski definition) is 3. The summed E-state index contributed by atoms with van der Waals surface area (Å²) in [7, 11) is 0. The van der Waals surface area contributed by atoms with Gasteiger partial charge < -0.3 is 4.74 Å². The van der Waals surface area contributed by atoms with Crippen molar-refractivity contribution < 1.29 is 14.3 Å². The van der Waals surface area contributed by atoms with Crippen molar-refractivity contribution in [1.29, 1.82) is 0 Å². The number of esters is 1. The number of rotatable bonds is 16. The van der Waals surface area contributed by atoms with Gasteiger partial charge in [-0.15, -0.1) is 0 Å². The summed E-state index contributed by atoms with van der Waals surface area (Å²) in [5.41, 5.74) is 0. The van der Waals surface area contributed by atoms with E-state index in [4.69, 9.17) is 4.74 Å². The van der Waals surface area contributed by atoms with E-state index >= 15 is 0 Å². The van der Waals surface area contributed by atoms with E-state index in [1.165, 1.54) is 89.9 Å². The van der Waals surface area contributed by atoms with Crippen molar-refractivity contribution in [2.75, 3.05) is 0 Å². The van der Waals surface area contributed by atoms with E-state index in [0.717, 1.165) is 12.8 Å². The van der Waals surface area contributed by atoms with Crippen LogP contribution in [0.5, 0.6) is 0 Å². The van der Waals surface area contributed by atoms with Crippen LogP contribution in [0.25, 0.3) is 0 Å². The minimum Gasteiger partial charge on any atom is -0.462 e. The highest BCUT2D eigenvalue weighted by Gasteiger charge is 2.25. The van der Waals surface area contributed by atoms with Crippen LogP contribution < -0.4 is 0 Å². The van der Waals surface area contributed by atoms with Crippen molar-refractivity contribution in [2.24, 2.45) is 0 Å². The fraction of sp³-hybridized carbons (Fsp3) is 0.909. The Bertz CT molecular complexity index is 335. The molecule has 0 N–H and O–H groups in total. The van der Waals surface area contributed by atoms with Crippen LogP contribution in [0.15, 0.2) is 0 Å². The van der Waals surface area contributed by atoms with Gasteiger partial charge >= 0.3 is 5.97 Å². The van der Waals surface area contributed by atoms with E-state index in [1.807, 2.05) is 0 Å². The third-order valence-corrected chi connectivity index (χ3v) is 5.22. The van der Waals surface area contributed by atoms with Crippen molar-refractivity contribution in [3.05, 3.63) is 0 Å². The number of ether oxygens (including phenoxy) is 1. The molecular weight excluding hydrogens is 312 g/mol. The van der Waals surface area contributed by atoms with E-state index in [1.54, 1.807) is 0 Å². The summed E-state index contributed by atoms with van der Waals surface area (Å²) in [5.74, 6) is -0.288. The molecule has 0 radical (unpaired) electrons. The first-order chi connectivity index (χ1) is 12.2. The van der Waals surface area contributed by atoms with Crippen LogP contribution in [0, 0.1) is 0 Å². The lowest BCUT2D eigenvalue weighted by Crippen LogP contribution is -2.29. The number of carbonyl (C=O) groups is 2. The van der Waals surface area contributed by atoms with E-state index in [9.17, 15) is 9.59 Å². The molecule has 0 aliphatic carbocycles. The maximum Gasteiger partial charge on any atom is 0.313 e. The van der Waals surface area contributed by atoms with Crippen LogP contribution in [-0.2, 0) is 14.3 Å². The average molecular weight is 353 g/mol. The summed E-state index contributed by atoms with van der Waals surface area (Å²) in [6.45, 7) is 2.27. The summed E-state index contributed by atoms with van der Waals surface area (Å²) < 4.78 is 5.22. The first-order valence-electron chi connectivity index (χ1n) is 10.9. The normalized spacial score (nSPS) is 17.7. The SMILES string of the molecule is CCCCCCCCCCCCCCCCCC1CC(=O)CC(=O)O1. The zero-order chi connectivity index (χ0) is 18.2. The zero-order valence-corrected chi connectivity index (χ0v) is 16.5. The lowest BCUT2D eigenvalue weighted by molar-refractivity contribution is -0.158. The number of hydrogen-bond donors (Lipinski definition) is 0. The molecule has 0 amide bonds. The Morgan fingerprint density at radius 2 is 1.16 bits per heavy atom. The monoisotopic (exact) mass is 352 g/mol. The topological polar surface area (TPSA) is 43.4 Å². The molecule has 1 saturated heterocycles. The van der Waals surface area contributed by atoms with Gasteiger partial charge in [-0.3, -0.25) is 9.59 Å². The Labute approximate surface area is 155 Å². The molecule has 25 heavy (non-hydrogen) atoms. The van der Waals surface area contributed by atoms with Gasteiger partial charge in [0, 0.05) is 6.42 Å². The van der Waals surface area contributed by atoms with Gasteiger partial charge in [-0.1, -0.05) is 96.8 Å². The summed E-state index contributed by atoms with van der Waals surface area (Å²) in [5, 5.41) is 0. The molecule has 0 spiro atoms. The molecule has 0 aromatic rings. The van der Waals surface area contributed by atoms with Crippen molar-refractivity contribution in [2.45, 2.75) is 129 Å². The average Bonchev–Trinajstić information content (AvgIpc) is 2.57. The van der Waals surface area contributed by atoms with E-state index in [2.05, 4.69) is 6.92 Å². The molecule has 0 aromatic carbocycles. The lowest BCUT2D eigenvalue weighted by atomic mass is 10.0. The number of ketones is 1.